The minimum absolute atomic E-state index is 0.140. The highest BCUT2D eigenvalue weighted by atomic mass is 35.5. The average Bonchev–Trinajstić information content (AvgIpc) is 3.12. The Labute approximate surface area is 164 Å². The van der Waals surface area contributed by atoms with Gasteiger partial charge in [-0.15, -0.1) is 0 Å². The number of halogens is 2. The normalized spacial score (nSPS) is 14.6. The first-order chi connectivity index (χ1) is 13.1. The molecule has 27 heavy (non-hydrogen) atoms. The van der Waals surface area contributed by atoms with Crippen molar-refractivity contribution < 1.29 is 13.9 Å². The van der Waals surface area contributed by atoms with Crippen molar-refractivity contribution in [1.82, 2.24) is 9.88 Å². The van der Waals surface area contributed by atoms with Crippen LogP contribution in [0.4, 0.5) is 9.52 Å². The van der Waals surface area contributed by atoms with Crippen LogP contribution in [0.15, 0.2) is 36.4 Å². The van der Waals surface area contributed by atoms with Crippen molar-refractivity contribution in [3.63, 3.8) is 0 Å². The molecule has 0 spiro atoms. The lowest BCUT2D eigenvalue weighted by Gasteiger charge is -2.34. The molecule has 2 heterocycles. The van der Waals surface area contributed by atoms with E-state index >= 15 is 0 Å². The number of anilines is 1. The third-order valence-corrected chi connectivity index (χ3v) is 5.98. The number of ether oxygens (including phenoxy) is 1. The Morgan fingerprint density at radius 3 is 2.70 bits per heavy atom. The second kappa shape index (κ2) is 7.32. The average molecular weight is 406 g/mol. The van der Waals surface area contributed by atoms with Gasteiger partial charge in [-0.2, -0.15) is 0 Å². The van der Waals surface area contributed by atoms with E-state index in [4.69, 9.17) is 21.3 Å². The molecule has 1 amide bonds. The van der Waals surface area contributed by atoms with Crippen LogP contribution >= 0.6 is 22.9 Å². The number of benzene rings is 2. The highest BCUT2D eigenvalue weighted by Gasteiger charge is 2.25. The van der Waals surface area contributed by atoms with E-state index in [1.807, 2.05) is 18.2 Å². The summed E-state index contributed by atoms with van der Waals surface area (Å²) in [6.07, 6.45) is 0. The minimum Gasteiger partial charge on any atom is -0.494 e. The van der Waals surface area contributed by atoms with Gasteiger partial charge in [0.15, 0.2) is 5.13 Å². The first kappa shape index (κ1) is 18.0. The maximum atomic E-state index is 13.2. The maximum Gasteiger partial charge on any atom is 0.255 e. The fourth-order valence-electron chi connectivity index (χ4n) is 3.15. The summed E-state index contributed by atoms with van der Waals surface area (Å²) >= 11 is 7.64. The summed E-state index contributed by atoms with van der Waals surface area (Å²) in [5.74, 6) is 0.132. The van der Waals surface area contributed by atoms with Crippen LogP contribution in [0.1, 0.15) is 10.4 Å². The third-order valence-electron chi connectivity index (χ3n) is 4.59. The molecule has 2 aromatic carbocycles. The van der Waals surface area contributed by atoms with E-state index in [2.05, 4.69) is 4.90 Å². The molecule has 140 valence electrons. The topological polar surface area (TPSA) is 45.7 Å². The number of rotatable bonds is 3. The maximum absolute atomic E-state index is 13.2. The van der Waals surface area contributed by atoms with Crippen LogP contribution in [0.3, 0.4) is 0 Å². The van der Waals surface area contributed by atoms with E-state index in [1.54, 1.807) is 23.3 Å². The van der Waals surface area contributed by atoms with Crippen molar-refractivity contribution >= 4 is 44.2 Å². The van der Waals surface area contributed by atoms with E-state index in [0.717, 1.165) is 21.1 Å². The number of fused-ring (bicyclic) bond motifs is 1. The minimum atomic E-state index is -0.451. The number of nitrogens with zero attached hydrogens (tertiary/aromatic N) is 3. The van der Waals surface area contributed by atoms with Gasteiger partial charge in [0.2, 0.25) is 0 Å². The Kier molecular flexibility index (Phi) is 4.88. The number of piperazine rings is 1. The summed E-state index contributed by atoms with van der Waals surface area (Å²) in [6.45, 7) is 2.46. The van der Waals surface area contributed by atoms with Crippen molar-refractivity contribution in [3.05, 3.63) is 52.8 Å². The van der Waals surface area contributed by atoms with Gasteiger partial charge in [-0.3, -0.25) is 4.79 Å². The number of carbonyl (C=O) groups is 1. The molecule has 0 aliphatic carbocycles. The second-order valence-electron chi connectivity index (χ2n) is 6.21. The SMILES string of the molecule is COc1cccc2sc(N3CCN(C(=O)c4ccc(F)cc4Cl)CC3)nc12. The van der Waals surface area contributed by atoms with E-state index in [-0.39, 0.29) is 10.9 Å². The highest BCUT2D eigenvalue weighted by molar-refractivity contribution is 7.22. The molecule has 8 heteroatoms. The fourth-order valence-corrected chi connectivity index (χ4v) is 4.43. The standard InChI is InChI=1S/C19H17ClFN3O2S/c1-26-15-3-2-4-16-17(15)22-19(27-16)24-9-7-23(8-10-24)18(25)13-6-5-12(21)11-14(13)20/h2-6,11H,7-10H2,1H3. The lowest BCUT2D eigenvalue weighted by molar-refractivity contribution is 0.0747. The van der Waals surface area contributed by atoms with Gasteiger partial charge >= 0.3 is 0 Å². The number of thiazole rings is 1. The summed E-state index contributed by atoms with van der Waals surface area (Å²) in [5, 5.41) is 1.06. The summed E-state index contributed by atoms with van der Waals surface area (Å²) in [7, 11) is 1.64. The summed E-state index contributed by atoms with van der Waals surface area (Å²) in [4.78, 5) is 21.3. The van der Waals surface area contributed by atoms with Crippen molar-refractivity contribution in [2.75, 3.05) is 38.2 Å². The molecule has 1 aliphatic rings. The monoisotopic (exact) mass is 405 g/mol. The van der Waals surface area contributed by atoms with Crippen LogP contribution in [-0.2, 0) is 0 Å². The number of aromatic nitrogens is 1. The number of methoxy groups -OCH3 is 1. The molecule has 0 radical (unpaired) electrons. The predicted octanol–water partition coefficient (Wildman–Crippen LogP) is 4.06. The van der Waals surface area contributed by atoms with Gasteiger partial charge in [0.1, 0.15) is 17.1 Å². The molecule has 1 aliphatic heterocycles. The van der Waals surface area contributed by atoms with Crippen LogP contribution < -0.4 is 9.64 Å². The number of para-hydroxylation sites is 1. The van der Waals surface area contributed by atoms with Crippen molar-refractivity contribution in [1.29, 1.82) is 0 Å². The van der Waals surface area contributed by atoms with Crippen molar-refractivity contribution in [3.8, 4) is 5.75 Å². The predicted molar refractivity (Wildman–Crippen MR) is 106 cm³/mol. The Bertz CT molecular complexity index is 1000. The van der Waals surface area contributed by atoms with E-state index in [9.17, 15) is 9.18 Å². The molecule has 1 saturated heterocycles. The van der Waals surface area contributed by atoms with Crippen LogP contribution in [0, 0.1) is 5.82 Å². The Morgan fingerprint density at radius 1 is 1.22 bits per heavy atom. The van der Waals surface area contributed by atoms with Gasteiger partial charge in [0.25, 0.3) is 5.91 Å². The van der Waals surface area contributed by atoms with E-state index in [1.165, 1.54) is 18.2 Å². The van der Waals surface area contributed by atoms with Gasteiger partial charge in [-0.25, -0.2) is 9.37 Å². The molecular weight excluding hydrogens is 389 g/mol. The van der Waals surface area contributed by atoms with E-state index in [0.29, 0.717) is 31.7 Å². The largest absolute Gasteiger partial charge is 0.494 e. The van der Waals surface area contributed by atoms with Gasteiger partial charge in [0, 0.05) is 26.2 Å². The Hall–Kier alpha value is -2.38. The molecule has 0 unspecified atom stereocenters. The lowest BCUT2D eigenvalue weighted by Crippen LogP contribution is -2.48. The lowest BCUT2D eigenvalue weighted by atomic mass is 10.1. The number of amides is 1. The van der Waals surface area contributed by atoms with Gasteiger partial charge in [0.05, 0.1) is 22.4 Å². The zero-order chi connectivity index (χ0) is 19.0. The quantitative estimate of drug-likeness (QED) is 0.659. The van der Waals surface area contributed by atoms with Gasteiger partial charge in [-0.1, -0.05) is 29.0 Å². The Morgan fingerprint density at radius 2 is 2.00 bits per heavy atom. The zero-order valence-electron chi connectivity index (χ0n) is 14.6. The molecule has 4 rings (SSSR count). The Balaban J connectivity index is 1.48. The molecule has 0 atom stereocenters. The second-order valence-corrected chi connectivity index (χ2v) is 7.62. The molecule has 0 bridgehead atoms. The number of hydrogen-bond donors (Lipinski definition) is 0. The molecule has 0 N–H and O–H groups in total. The van der Waals surface area contributed by atoms with Gasteiger partial charge < -0.3 is 14.5 Å². The molecular formula is C19H17ClFN3O2S. The van der Waals surface area contributed by atoms with Crippen LogP contribution in [0.2, 0.25) is 5.02 Å². The van der Waals surface area contributed by atoms with Gasteiger partial charge in [-0.05, 0) is 30.3 Å². The number of carbonyl (C=O) groups excluding carboxylic acids is 1. The van der Waals surface area contributed by atoms with Crippen LogP contribution in [0.25, 0.3) is 10.2 Å². The highest BCUT2D eigenvalue weighted by Crippen LogP contribution is 2.34. The first-order valence-electron chi connectivity index (χ1n) is 8.49. The summed E-state index contributed by atoms with van der Waals surface area (Å²) in [5.41, 5.74) is 1.19. The van der Waals surface area contributed by atoms with Crippen LogP contribution in [0.5, 0.6) is 5.75 Å². The van der Waals surface area contributed by atoms with E-state index < -0.39 is 5.82 Å². The molecule has 1 fully saturated rings. The smallest absolute Gasteiger partial charge is 0.255 e. The molecule has 1 aromatic heterocycles. The molecule has 5 nitrogen and oxygen atoms in total. The number of hydrogen-bond acceptors (Lipinski definition) is 5. The molecule has 0 saturated carbocycles. The summed E-state index contributed by atoms with van der Waals surface area (Å²) < 4.78 is 19.7. The third kappa shape index (κ3) is 3.44. The fraction of sp³-hybridized carbons (Fsp3) is 0.263. The van der Waals surface area contributed by atoms with Crippen molar-refractivity contribution in [2.24, 2.45) is 0 Å². The molecule has 3 aromatic rings. The first-order valence-corrected chi connectivity index (χ1v) is 9.69. The zero-order valence-corrected chi connectivity index (χ0v) is 16.2. The summed E-state index contributed by atoms with van der Waals surface area (Å²) in [6, 6.07) is 9.73. The van der Waals surface area contributed by atoms with Crippen LogP contribution in [-0.4, -0.2) is 49.1 Å². The van der Waals surface area contributed by atoms with Crippen molar-refractivity contribution in [2.45, 2.75) is 0 Å².